The van der Waals surface area contributed by atoms with Crippen LogP contribution in [0.4, 0.5) is 11.5 Å². The lowest BCUT2D eigenvalue weighted by molar-refractivity contribution is 0.148. The highest BCUT2D eigenvalue weighted by Crippen LogP contribution is 2.42. The molecule has 1 aromatic carbocycles. The van der Waals surface area contributed by atoms with Crippen LogP contribution >= 0.6 is 11.6 Å². The van der Waals surface area contributed by atoms with E-state index in [1.54, 1.807) is 13.2 Å². The van der Waals surface area contributed by atoms with Crippen molar-refractivity contribution in [1.82, 2.24) is 20.0 Å². The summed E-state index contributed by atoms with van der Waals surface area (Å²) in [6.45, 7) is 5.38. The van der Waals surface area contributed by atoms with Gasteiger partial charge >= 0.3 is 0 Å². The Morgan fingerprint density at radius 3 is 2.89 bits per heavy atom. The van der Waals surface area contributed by atoms with Crippen LogP contribution < -0.4 is 4.90 Å². The molecule has 3 heterocycles. The third kappa shape index (κ3) is 2.99. The Morgan fingerprint density at radius 2 is 2.18 bits per heavy atom. The second-order valence-corrected chi connectivity index (χ2v) is 7.39. The number of fused-ring (bicyclic) bond motifs is 2. The summed E-state index contributed by atoms with van der Waals surface area (Å²) < 4.78 is 7.28. The Hall–Kier alpha value is -2.69. The Balaban J connectivity index is 1.86. The van der Waals surface area contributed by atoms with Crippen molar-refractivity contribution in [2.75, 3.05) is 25.2 Å². The molecule has 3 aromatic rings. The quantitative estimate of drug-likeness (QED) is 0.649. The highest BCUT2D eigenvalue weighted by atomic mass is 35.5. The van der Waals surface area contributed by atoms with Gasteiger partial charge in [-0.15, -0.1) is 5.10 Å². The first-order valence-corrected chi connectivity index (χ1v) is 9.66. The number of hydrogen-bond donors (Lipinski definition) is 0. The van der Waals surface area contributed by atoms with Gasteiger partial charge in [-0.05, 0) is 43.5 Å². The van der Waals surface area contributed by atoms with Crippen LogP contribution in [-0.4, -0.2) is 40.2 Å². The topological polar surface area (TPSA) is 79.9 Å². The number of methoxy groups -OCH3 is 1. The molecule has 0 radical (unpaired) electrons. The number of nitriles is 1. The molecule has 0 spiro atoms. The van der Waals surface area contributed by atoms with E-state index < -0.39 is 0 Å². The summed E-state index contributed by atoms with van der Waals surface area (Å²) in [5.41, 5.74) is 5.09. The molecule has 144 valence electrons. The van der Waals surface area contributed by atoms with Gasteiger partial charge in [0.25, 0.3) is 0 Å². The largest absolute Gasteiger partial charge is 0.382 e. The van der Waals surface area contributed by atoms with Crippen LogP contribution in [0.1, 0.15) is 36.2 Å². The van der Waals surface area contributed by atoms with Crippen molar-refractivity contribution in [2.45, 2.75) is 32.7 Å². The summed E-state index contributed by atoms with van der Waals surface area (Å²) in [4.78, 5) is 6.85. The van der Waals surface area contributed by atoms with Gasteiger partial charge in [-0.25, -0.2) is 9.67 Å². The molecule has 0 unspecified atom stereocenters. The highest BCUT2D eigenvalue weighted by Gasteiger charge is 2.28. The Kier molecular flexibility index (Phi) is 4.92. The number of anilines is 2. The van der Waals surface area contributed by atoms with Gasteiger partial charge in [0, 0.05) is 19.3 Å². The molecule has 8 heteroatoms. The number of rotatable bonds is 5. The average Bonchev–Trinajstić information content (AvgIpc) is 3.30. The van der Waals surface area contributed by atoms with Crippen LogP contribution in [0.5, 0.6) is 0 Å². The van der Waals surface area contributed by atoms with E-state index in [0.29, 0.717) is 17.2 Å². The summed E-state index contributed by atoms with van der Waals surface area (Å²) in [6, 6.07) is 7.89. The Bertz CT molecular complexity index is 1090. The van der Waals surface area contributed by atoms with E-state index >= 15 is 0 Å². The summed E-state index contributed by atoms with van der Waals surface area (Å²) >= 11 is 6.53. The molecular formula is C20H21ClN6O. The maximum atomic E-state index is 9.21. The monoisotopic (exact) mass is 396 g/mol. The average molecular weight is 397 g/mol. The van der Waals surface area contributed by atoms with Crippen molar-refractivity contribution in [1.29, 1.82) is 5.26 Å². The number of benzene rings is 1. The van der Waals surface area contributed by atoms with Gasteiger partial charge in [0.05, 0.1) is 40.5 Å². The van der Waals surface area contributed by atoms with Crippen LogP contribution in [0.15, 0.2) is 18.2 Å². The van der Waals surface area contributed by atoms with E-state index in [1.807, 2.05) is 23.7 Å². The summed E-state index contributed by atoms with van der Waals surface area (Å²) in [5, 5.41) is 18.6. The number of pyridine rings is 1. The van der Waals surface area contributed by atoms with E-state index in [4.69, 9.17) is 21.3 Å². The van der Waals surface area contributed by atoms with Crippen molar-refractivity contribution in [3.8, 4) is 6.07 Å². The van der Waals surface area contributed by atoms with Gasteiger partial charge in [0.2, 0.25) is 0 Å². The van der Waals surface area contributed by atoms with Gasteiger partial charge in [-0.2, -0.15) is 5.26 Å². The molecule has 4 rings (SSSR count). The SMILES string of the molecule is CC[C@H](COC)n1nnc2c(N3CCc4cc(C#N)cc(Cl)c43)nc(C)cc21. The maximum absolute atomic E-state index is 9.21. The molecule has 7 nitrogen and oxygen atoms in total. The second kappa shape index (κ2) is 7.38. The lowest BCUT2D eigenvalue weighted by atomic mass is 10.1. The molecule has 0 bridgehead atoms. The molecule has 0 N–H and O–H groups in total. The fourth-order valence-corrected chi connectivity index (χ4v) is 4.17. The third-order valence-electron chi connectivity index (χ3n) is 5.15. The zero-order chi connectivity index (χ0) is 19.8. The van der Waals surface area contributed by atoms with Gasteiger partial charge in [-0.1, -0.05) is 23.7 Å². The number of hydrogen-bond acceptors (Lipinski definition) is 6. The fraction of sp³-hybridized carbons (Fsp3) is 0.400. The van der Waals surface area contributed by atoms with Gasteiger partial charge in [0.15, 0.2) is 11.3 Å². The minimum absolute atomic E-state index is 0.109. The molecule has 1 aliphatic heterocycles. The van der Waals surface area contributed by atoms with Crippen LogP contribution in [0.3, 0.4) is 0 Å². The predicted octanol–water partition coefficient (Wildman–Crippen LogP) is 3.95. The minimum Gasteiger partial charge on any atom is -0.382 e. The van der Waals surface area contributed by atoms with E-state index in [9.17, 15) is 5.26 Å². The third-order valence-corrected chi connectivity index (χ3v) is 5.44. The molecular weight excluding hydrogens is 376 g/mol. The van der Waals surface area contributed by atoms with E-state index in [2.05, 4.69) is 28.2 Å². The highest BCUT2D eigenvalue weighted by molar-refractivity contribution is 6.34. The number of nitrogens with zero attached hydrogens (tertiary/aromatic N) is 6. The molecule has 1 aliphatic rings. The summed E-state index contributed by atoms with van der Waals surface area (Å²) in [7, 11) is 1.69. The fourth-order valence-electron chi connectivity index (χ4n) is 3.83. The molecule has 0 saturated carbocycles. The van der Waals surface area contributed by atoms with Gasteiger partial charge in [-0.3, -0.25) is 0 Å². The summed E-state index contributed by atoms with van der Waals surface area (Å²) in [5.74, 6) is 0.749. The zero-order valence-corrected chi connectivity index (χ0v) is 16.9. The molecule has 0 saturated heterocycles. The maximum Gasteiger partial charge on any atom is 0.163 e. The smallest absolute Gasteiger partial charge is 0.163 e. The van der Waals surface area contributed by atoms with Crippen LogP contribution in [0.2, 0.25) is 5.02 Å². The molecule has 2 aromatic heterocycles. The van der Waals surface area contributed by atoms with Crippen LogP contribution in [0, 0.1) is 18.3 Å². The molecule has 28 heavy (non-hydrogen) atoms. The Labute approximate surface area is 168 Å². The van der Waals surface area contributed by atoms with Crippen LogP contribution in [-0.2, 0) is 11.2 Å². The normalized spacial score (nSPS) is 14.3. The zero-order valence-electron chi connectivity index (χ0n) is 16.1. The van der Waals surface area contributed by atoms with Crippen molar-refractivity contribution in [3.63, 3.8) is 0 Å². The van der Waals surface area contributed by atoms with Crippen molar-refractivity contribution >= 4 is 34.1 Å². The van der Waals surface area contributed by atoms with Crippen molar-refractivity contribution < 1.29 is 4.74 Å². The minimum atomic E-state index is 0.109. The van der Waals surface area contributed by atoms with Crippen molar-refractivity contribution in [3.05, 3.63) is 40.0 Å². The number of aryl methyl sites for hydroxylation is 1. The lowest BCUT2D eigenvalue weighted by Gasteiger charge is -2.21. The molecule has 0 amide bonds. The van der Waals surface area contributed by atoms with E-state index in [-0.39, 0.29) is 6.04 Å². The van der Waals surface area contributed by atoms with Crippen molar-refractivity contribution in [2.24, 2.45) is 0 Å². The van der Waals surface area contributed by atoms with Crippen LogP contribution in [0.25, 0.3) is 11.0 Å². The van der Waals surface area contributed by atoms with Gasteiger partial charge in [0.1, 0.15) is 0 Å². The first-order chi connectivity index (χ1) is 13.6. The summed E-state index contributed by atoms with van der Waals surface area (Å²) in [6.07, 6.45) is 1.69. The number of aromatic nitrogens is 4. The van der Waals surface area contributed by atoms with Gasteiger partial charge < -0.3 is 9.64 Å². The first kappa shape index (κ1) is 18.7. The van der Waals surface area contributed by atoms with E-state index in [0.717, 1.165) is 53.2 Å². The number of halogens is 1. The standard InChI is InChI=1S/C20H21ClN6O/c1-4-15(11-28-3)27-17-7-12(2)23-20(18(17)24-25-27)26-6-5-14-8-13(10-22)9-16(21)19(14)26/h7-9,15H,4-6,11H2,1-3H3/t15-/m1/s1. The second-order valence-electron chi connectivity index (χ2n) is 6.99. The lowest BCUT2D eigenvalue weighted by Crippen LogP contribution is -2.17. The molecule has 1 atom stereocenters. The van der Waals surface area contributed by atoms with E-state index in [1.165, 1.54) is 0 Å². The molecule has 0 aliphatic carbocycles. The Morgan fingerprint density at radius 1 is 1.36 bits per heavy atom. The molecule has 0 fully saturated rings. The first-order valence-electron chi connectivity index (χ1n) is 9.28. The number of ether oxygens (including phenoxy) is 1. The predicted molar refractivity (Wildman–Crippen MR) is 108 cm³/mol.